The minimum atomic E-state index is 0.401. The fourth-order valence-electron chi connectivity index (χ4n) is 4.98. The fourth-order valence-corrected chi connectivity index (χ4v) is 4.98. The first-order valence-corrected chi connectivity index (χ1v) is 11.4. The third-order valence-corrected chi connectivity index (χ3v) is 6.62. The number of likely N-dealkylation sites (tertiary alicyclic amines) is 1. The summed E-state index contributed by atoms with van der Waals surface area (Å²) in [5.74, 6) is 2.52. The number of ether oxygens (including phenoxy) is 2. The smallest absolute Gasteiger partial charge is 0.161 e. The number of rotatable bonds is 7. The van der Waals surface area contributed by atoms with Gasteiger partial charge in [-0.2, -0.15) is 0 Å². The van der Waals surface area contributed by atoms with Crippen molar-refractivity contribution in [3.05, 3.63) is 47.5 Å². The van der Waals surface area contributed by atoms with E-state index in [1.54, 1.807) is 14.2 Å². The van der Waals surface area contributed by atoms with Crippen LogP contribution in [0, 0.1) is 0 Å². The summed E-state index contributed by atoms with van der Waals surface area (Å²) in [6, 6.07) is 13.1. The van der Waals surface area contributed by atoms with Gasteiger partial charge < -0.3 is 25.1 Å². The molecule has 1 aliphatic rings. The van der Waals surface area contributed by atoms with Gasteiger partial charge in [-0.25, -0.2) is 0 Å². The standard InChI is InChI=1S/C26H35N3O2/c1-17(2)25-21-15-19(18-9-12-29(13-10-18)14-11-27)5-7-22(21)28-26(25)20-6-8-23(30-3)24(16-20)31-4/h5-8,15-18,28H,9-14,27H2,1-4H3. The van der Waals surface area contributed by atoms with Gasteiger partial charge in [0.15, 0.2) is 11.5 Å². The molecule has 0 unspecified atom stereocenters. The van der Waals surface area contributed by atoms with Gasteiger partial charge >= 0.3 is 0 Å². The number of hydrogen-bond acceptors (Lipinski definition) is 4. The number of nitrogens with one attached hydrogen (secondary N) is 1. The lowest BCUT2D eigenvalue weighted by Gasteiger charge is -2.31. The molecule has 2 heterocycles. The molecule has 1 fully saturated rings. The third kappa shape index (κ3) is 4.30. The highest BCUT2D eigenvalue weighted by Gasteiger charge is 2.22. The van der Waals surface area contributed by atoms with Crippen molar-refractivity contribution in [3.8, 4) is 22.8 Å². The van der Waals surface area contributed by atoms with Crippen molar-refractivity contribution in [2.45, 2.75) is 38.5 Å². The van der Waals surface area contributed by atoms with E-state index in [0.29, 0.717) is 11.8 Å². The van der Waals surface area contributed by atoms with Gasteiger partial charge in [0.2, 0.25) is 0 Å². The van der Waals surface area contributed by atoms with E-state index in [-0.39, 0.29) is 0 Å². The Morgan fingerprint density at radius 1 is 1.03 bits per heavy atom. The predicted octanol–water partition coefficient (Wildman–Crippen LogP) is 5.11. The van der Waals surface area contributed by atoms with Gasteiger partial charge in [0.1, 0.15) is 0 Å². The number of benzene rings is 2. The molecular formula is C26H35N3O2. The number of piperidine rings is 1. The van der Waals surface area contributed by atoms with E-state index in [9.17, 15) is 0 Å². The second-order valence-electron chi connectivity index (χ2n) is 8.85. The lowest BCUT2D eigenvalue weighted by molar-refractivity contribution is 0.218. The van der Waals surface area contributed by atoms with Gasteiger partial charge in [0.25, 0.3) is 0 Å². The van der Waals surface area contributed by atoms with Crippen LogP contribution in [0.1, 0.15) is 49.7 Å². The van der Waals surface area contributed by atoms with Crippen molar-refractivity contribution < 1.29 is 9.47 Å². The third-order valence-electron chi connectivity index (χ3n) is 6.62. The first-order valence-electron chi connectivity index (χ1n) is 11.4. The molecule has 3 N–H and O–H groups in total. The van der Waals surface area contributed by atoms with Gasteiger partial charge in [-0.1, -0.05) is 19.9 Å². The maximum atomic E-state index is 5.74. The van der Waals surface area contributed by atoms with Crippen LogP contribution < -0.4 is 15.2 Å². The normalized spacial score (nSPS) is 15.7. The van der Waals surface area contributed by atoms with E-state index >= 15 is 0 Å². The van der Waals surface area contributed by atoms with Gasteiger partial charge in [-0.15, -0.1) is 0 Å². The number of hydrogen-bond donors (Lipinski definition) is 2. The number of fused-ring (bicyclic) bond motifs is 1. The average molecular weight is 422 g/mol. The Kier molecular flexibility index (Phi) is 6.54. The highest BCUT2D eigenvalue weighted by Crippen LogP contribution is 2.40. The van der Waals surface area contributed by atoms with E-state index in [1.165, 1.54) is 40.6 Å². The van der Waals surface area contributed by atoms with Gasteiger partial charge in [-0.3, -0.25) is 0 Å². The molecule has 31 heavy (non-hydrogen) atoms. The monoisotopic (exact) mass is 421 g/mol. The first kappa shape index (κ1) is 21.7. The van der Waals surface area contributed by atoms with Crippen LogP contribution in [0.4, 0.5) is 0 Å². The number of nitrogens with zero attached hydrogens (tertiary/aromatic N) is 1. The second kappa shape index (κ2) is 9.33. The zero-order valence-electron chi connectivity index (χ0n) is 19.2. The van der Waals surface area contributed by atoms with E-state index in [1.807, 2.05) is 6.07 Å². The first-order chi connectivity index (χ1) is 15.0. The Hall–Kier alpha value is -2.50. The van der Waals surface area contributed by atoms with E-state index < -0.39 is 0 Å². The second-order valence-corrected chi connectivity index (χ2v) is 8.85. The Balaban J connectivity index is 1.71. The highest BCUT2D eigenvalue weighted by molar-refractivity contribution is 5.92. The van der Waals surface area contributed by atoms with Crippen molar-refractivity contribution in [1.82, 2.24) is 9.88 Å². The summed E-state index contributed by atoms with van der Waals surface area (Å²) in [4.78, 5) is 6.17. The molecule has 0 bridgehead atoms. The van der Waals surface area contributed by atoms with E-state index in [2.05, 4.69) is 54.1 Å². The van der Waals surface area contributed by atoms with Gasteiger partial charge in [-0.05, 0) is 79.2 Å². The van der Waals surface area contributed by atoms with Crippen LogP contribution >= 0.6 is 0 Å². The van der Waals surface area contributed by atoms with E-state index in [0.717, 1.165) is 43.2 Å². The molecule has 0 radical (unpaired) electrons. The van der Waals surface area contributed by atoms with Crippen LogP contribution in [-0.4, -0.2) is 50.3 Å². The number of aromatic amines is 1. The lowest BCUT2D eigenvalue weighted by atomic mass is 9.87. The Morgan fingerprint density at radius 3 is 2.42 bits per heavy atom. The molecule has 1 aliphatic heterocycles. The molecule has 0 atom stereocenters. The molecule has 0 amide bonds. The van der Waals surface area contributed by atoms with Crippen LogP contribution in [0.2, 0.25) is 0 Å². The van der Waals surface area contributed by atoms with Crippen LogP contribution in [0.15, 0.2) is 36.4 Å². The van der Waals surface area contributed by atoms with E-state index in [4.69, 9.17) is 15.2 Å². The summed E-state index contributed by atoms with van der Waals surface area (Å²) >= 11 is 0. The van der Waals surface area contributed by atoms with Crippen LogP contribution in [0.25, 0.3) is 22.2 Å². The molecule has 0 saturated carbocycles. The maximum absolute atomic E-state index is 5.74. The molecule has 3 aromatic rings. The Bertz CT molecular complexity index is 1030. The Morgan fingerprint density at radius 2 is 1.77 bits per heavy atom. The molecule has 0 spiro atoms. The fraction of sp³-hybridized carbons (Fsp3) is 0.462. The molecule has 1 saturated heterocycles. The topological polar surface area (TPSA) is 63.5 Å². The summed E-state index contributed by atoms with van der Waals surface area (Å²) in [5, 5.41) is 1.33. The average Bonchev–Trinajstić information content (AvgIpc) is 3.18. The van der Waals surface area contributed by atoms with Crippen LogP contribution in [-0.2, 0) is 0 Å². The summed E-state index contributed by atoms with van der Waals surface area (Å²) < 4.78 is 11.0. The molecule has 0 aliphatic carbocycles. The number of H-pyrrole nitrogens is 1. The van der Waals surface area contributed by atoms with Gasteiger partial charge in [0.05, 0.1) is 19.9 Å². The zero-order chi connectivity index (χ0) is 22.0. The van der Waals surface area contributed by atoms with Crippen molar-refractivity contribution in [3.63, 3.8) is 0 Å². The largest absolute Gasteiger partial charge is 0.493 e. The molecule has 5 nitrogen and oxygen atoms in total. The number of aromatic nitrogens is 1. The van der Waals surface area contributed by atoms with Crippen LogP contribution in [0.5, 0.6) is 11.5 Å². The van der Waals surface area contributed by atoms with Crippen molar-refractivity contribution in [2.24, 2.45) is 5.73 Å². The quantitative estimate of drug-likeness (QED) is 0.556. The molecular weight excluding hydrogens is 386 g/mol. The van der Waals surface area contributed by atoms with Crippen LogP contribution in [0.3, 0.4) is 0 Å². The predicted molar refractivity (Wildman–Crippen MR) is 128 cm³/mol. The number of nitrogens with two attached hydrogens (primary N) is 1. The minimum Gasteiger partial charge on any atom is -0.493 e. The van der Waals surface area contributed by atoms with Crippen molar-refractivity contribution >= 4 is 10.9 Å². The summed E-state index contributed by atoms with van der Waals surface area (Å²) in [6.07, 6.45) is 2.41. The lowest BCUT2D eigenvalue weighted by Crippen LogP contribution is -2.36. The molecule has 1 aromatic heterocycles. The molecule has 4 rings (SSSR count). The number of methoxy groups -OCH3 is 2. The minimum absolute atomic E-state index is 0.401. The van der Waals surface area contributed by atoms with Gasteiger partial charge in [0, 0.05) is 29.6 Å². The zero-order valence-corrected chi connectivity index (χ0v) is 19.2. The Labute approximate surface area is 185 Å². The molecule has 5 heteroatoms. The van der Waals surface area contributed by atoms with Crippen molar-refractivity contribution in [2.75, 3.05) is 40.4 Å². The van der Waals surface area contributed by atoms with Crippen molar-refractivity contribution in [1.29, 1.82) is 0 Å². The molecule has 166 valence electrons. The molecule has 2 aromatic carbocycles. The highest BCUT2D eigenvalue weighted by atomic mass is 16.5. The summed E-state index contributed by atoms with van der Waals surface area (Å²) in [5.41, 5.74) is 12.0. The maximum Gasteiger partial charge on any atom is 0.161 e. The SMILES string of the molecule is COc1ccc(-c2[nH]c3ccc(C4CCN(CCN)CC4)cc3c2C(C)C)cc1OC. The summed E-state index contributed by atoms with van der Waals surface area (Å²) in [7, 11) is 3.35. The summed E-state index contributed by atoms with van der Waals surface area (Å²) in [6.45, 7) is 8.57.